The quantitative estimate of drug-likeness (QED) is 0.307. The number of rotatable bonds is 8. The van der Waals surface area contributed by atoms with Crippen molar-refractivity contribution in [2.75, 3.05) is 13.2 Å². The Balaban J connectivity index is 1.66. The number of nitrogens with one attached hydrogen (secondary N) is 1. The summed E-state index contributed by atoms with van der Waals surface area (Å²) in [5, 5.41) is 3.70. The van der Waals surface area contributed by atoms with Crippen LogP contribution in [0.15, 0.2) is 18.4 Å². The third-order valence-electron chi connectivity index (χ3n) is 6.28. The number of nitrogens with zero attached hydrogens (tertiary/aromatic N) is 2. The second-order valence-corrected chi connectivity index (χ2v) is 16.6. The highest BCUT2D eigenvalue weighted by atomic mass is 32.2. The standard InChI is InChI=1S/C22H33N3O4S2Si/c1-9-10-28-21(27)23-11-16-24-13(2)17(30-16)18-14(3)25-19(26)15(20(25)31-18)12-29-32(7,8)22(4,5)6/h9,15,20H,1,10-12H2,2-8H3,(H,23,27)/t15-,20+/m0/s1. The van der Waals surface area contributed by atoms with Crippen molar-refractivity contribution in [1.29, 1.82) is 0 Å². The summed E-state index contributed by atoms with van der Waals surface area (Å²) in [6, 6.07) is 0. The van der Waals surface area contributed by atoms with E-state index >= 15 is 0 Å². The molecular formula is C22H33N3O4S2Si. The van der Waals surface area contributed by atoms with E-state index in [-0.39, 0.29) is 28.8 Å². The summed E-state index contributed by atoms with van der Waals surface area (Å²) >= 11 is 3.26. The zero-order valence-electron chi connectivity index (χ0n) is 19.9. The summed E-state index contributed by atoms with van der Waals surface area (Å²) in [6.45, 7) is 19.5. The average Bonchev–Trinajstić information content (AvgIpc) is 3.20. The van der Waals surface area contributed by atoms with Gasteiger partial charge in [-0.05, 0) is 32.0 Å². The van der Waals surface area contributed by atoms with Crippen molar-refractivity contribution >= 4 is 48.3 Å². The Kier molecular flexibility index (Phi) is 7.28. The molecule has 1 aromatic rings. The predicted octanol–water partition coefficient (Wildman–Crippen LogP) is 5.11. The third kappa shape index (κ3) is 4.83. The number of β-lactam (4-membered cyclic amide) rings is 1. The number of hydrogen-bond donors (Lipinski definition) is 1. The number of alkyl carbamates (subject to hydrolysis) is 1. The molecule has 176 valence electrons. The Morgan fingerprint density at radius 2 is 2.03 bits per heavy atom. The van der Waals surface area contributed by atoms with E-state index in [1.54, 1.807) is 11.8 Å². The Morgan fingerprint density at radius 1 is 1.34 bits per heavy atom. The van der Waals surface area contributed by atoms with Gasteiger partial charge in [0.25, 0.3) is 0 Å². The van der Waals surface area contributed by atoms with Gasteiger partial charge in [0.05, 0.1) is 23.0 Å². The van der Waals surface area contributed by atoms with E-state index in [4.69, 9.17) is 9.16 Å². The number of aryl methyl sites for hydroxylation is 1. The normalized spacial score (nSPS) is 20.8. The molecular weight excluding hydrogens is 462 g/mol. The number of carbonyl (C=O) groups excluding carboxylic acids is 2. The lowest BCUT2D eigenvalue weighted by Crippen LogP contribution is -2.59. The number of amides is 2. The van der Waals surface area contributed by atoms with Crippen LogP contribution in [0.4, 0.5) is 4.79 Å². The molecule has 0 unspecified atom stereocenters. The summed E-state index contributed by atoms with van der Waals surface area (Å²) < 4.78 is 11.3. The maximum absolute atomic E-state index is 12.9. The first-order valence-electron chi connectivity index (χ1n) is 10.7. The molecule has 1 N–H and O–H groups in total. The molecule has 32 heavy (non-hydrogen) atoms. The molecule has 2 aliphatic heterocycles. The van der Waals surface area contributed by atoms with Crippen LogP contribution in [0.3, 0.4) is 0 Å². The molecule has 2 atom stereocenters. The molecule has 0 radical (unpaired) electrons. The highest BCUT2D eigenvalue weighted by Crippen LogP contribution is 2.54. The van der Waals surface area contributed by atoms with Gasteiger partial charge in [0.2, 0.25) is 5.91 Å². The van der Waals surface area contributed by atoms with E-state index in [9.17, 15) is 9.59 Å². The molecule has 1 saturated heterocycles. The van der Waals surface area contributed by atoms with Crippen molar-refractivity contribution in [3.63, 3.8) is 0 Å². The lowest BCUT2D eigenvalue weighted by Gasteiger charge is -2.45. The molecule has 3 heterocycles. The molecule has 7 nitrogen and oxygen atoms in total. The fourth-order valence-electron chi connectivity index (χ4n) is 3.29. The first-order chi connectivity index (χ1) is 14.9. The van der Waals surface area contributed by atoms with E-state index in [0.29, 0.717) is 13.2 Å². The smallest absolute Gasteiger partial charge is 0.407 e. The number of allylic oxidation sites excluding steroid dienone is 1. The van der Waals surface area contributed by atoms with Crippen LogP contribution in [0, 0.1) is 12.8 Å². The van der Waals surface area contributed by atoms with Gasteiger partial charge in [0.1, 0.15) is 17.0 Å². The van der Waals surface area contributed by atoms with Crippen molar-refractivity contribution < 1.29 is 18.8 Å². The first kappa shape index (κ1) is 25.0. The Morgan fingerprint density at radius 3 is 2.66 bits per heavy atom. The van der Waals surface area contributed by atoms with E-state index in [2.05, 4.69) is 50.7 Å². The van der Waals surface area contributed by atoms with Crippen molar-refractivity contribution in [2.24, 2.45) is 5.92 Å². The van der Waals surface area contributed by atoms with Crippen LogP contribution in [0.1, 0.15) is 43.3 Å². The SMILES string of the molecule is C=CCOC(=O)NCc1nc(C)c(C2=C(C)N3C(=O)[C@H](CO[Si](C)(C)C(C)(C)C)[C@H]3S2)s1. The van der Waals surface area contributed by atoms with Gasteiger partial charge in [-0.2, -0.15) is 0 Å². The molecule has 2 aliphatic rings. The number of aromatic nitrogens is 1. The fraction of sp³-hybridized carbons (Fsp3) is 0.591. The number of hydrogen-bond acceptors (Lipinski definition) is 7. The highest BCUT2D eigenvalue weighted by molar-refractivity contribution is 8.09. The van der Waals surface area contributed by atoms with Gasteiger partial charge in [-0.1, -0.05) is 45.2 Å². The van der Waals surface area contributed by atoms with Crippen LogP contribution >= 0.6 is 23.1 Å². The van der Waals surface area contributed by atoms with Crippen LogP contribution in [0.2, 0.25) is 18.1 Å². The van der Waals surface area contributed by atoms with Gasteiger partial charge in [-0.15, -0.1) is 11.3 Å². The molecule has 2 amide bonds. The minimum atomic E-state index is -1.91. The summed E-state index contributed by atoms with van der Waals surface area (Å²) in [4.78, 5) is 33.2. The van der Waals surface area contributed by atoms with Gasteiger partial charge in [0.15, 0.2) is 8.32 Å². The Hall–Kier alpha value is -1.62. The molecule has 3 rings (SSSR count). The van der Waals surface area contributed by atoms with Gasteiger partial charge in [0, 0.05) is 17.2 Å². The third-order valence-corrected chi connectivity index (χ3v) is 13.6. The molecule has 0 saturated carbocycles. The van der Waals surface area contributed by atoms with Crippen molar-refractivity contribution in [3.8, 4) is 0 Å². The summed E-state index contributed by atoms with van der Waals surface area (Å²) in [5.41, 5.74) is 1.88. The van der Waals surface area contributed by atoms with Crippen molar-refractivity contribution in [1.82, 2.24) is 15.2 Å². The second kappa shape index (κ2) is 9.32. The molecule has 1 fully saturated rings. The van der Waals surface area contributed by atoms with Crippen LogP contribution in [0.5, 0.6) is 0 Å². The molecule has 10 heteroatoms. The maximum Gasteiger partial charge on any atom is 0.407 e. The second-order valence-electron chi connectivity index (χ2n) is 9.57. The molecule has 1 aromatic heterocycles. The van der Waals surface area contributed by atoms with Crippen LogP contribution in [-0.4, -0.2) is 48.8 Å². The fourth-order valence-corrected chi connectivity index (χ4v) is 7.07. The lowest BCUT2D eigenvalue weighted by atomic mass is 9.98. The van der Waals surface area contributed by atoms with E-state index in [1.807, 2.05) is 18.7 Å². The zero-order chi connectivity index (χ0) is 23.8. The molecule has 0 spiro atoms. The zero-order valence-corrected chi connectivity index (χ0v) is 22.5. The van der Waals surface area contributed by atoms with Crippen LogP contribution in [-0.2, 0) is 20.5 Å². The number of thioether (sulfide) groups is 1. The highest BCUT2D eigenvalue weighted by Gasteiger charge is 2.54. The summed E-state index contributed by atoms with van der Waals surface area (Å²) in [7, 11) is -1.91. The van der Waals surface area contributed by atoms with E-state index in [0.717, 1.165) is 26.2 Å². The minimum absolute atomic E-state index is 0.0826. The van der Waals surface area contributed by atoms with Gasteiger partial charge in [-0.25, -0.2) is 9.78 Å². The molecule has 0 bridgehead atoms. The van der Waals surface area contributed by atoms with Crippen LogP contribution < -0.4 is 5.32 Å². The van der Waals surface area contributed by atoms with Crippen LogP contribution in [0.25, 0.3) is 4.91 Å². The predicted molar refractivity (Wildman–Crippen MR) is 133 cm³/mol. The van der Waals surface area contributed by atoms with Gasteiger partial charge >= 0.3 is 6.09 Å². The average molecular weight is 496 g/mol. The number of fused-ring (bicyclic) bond motifs is 1. The van der Waals surface area contributed by atoms with Crippen molar-refractivity contribution in [2.45, 2.75) is 64.7 Å². The maximum atomic E-state index is 12.9. The van der Waals surface area contributed by atoms with Crippen molar-refractivity contribution in [3.05, 3.63) is 33.9 Å². The van der Waals surface area contributed by atoms with E-state index in [1.165, 1.54) is 17.4 Å². The first-order valence-corrected chi connectivity index (χ1v) is 15.3. The summed E-state index contributed by atoms with van der Waals surface area (Å²) in [6.07, 6.45) is 1.03. The molecule has 0 aliphatic carbocycles. The number of thiazole rings is 1. The summed E-state index contributed by atoms with van der Waals surface area (Å²) in [5.74, 6) is 0.0262. The van der Waals surface area contributed by atoms with E-state index < -0.39 is 14.4 Å². The van der Waals surface area contributed by atoms with Gasteiger partial charge < -0.3 is 19.4 Å². The number of ether oxygens (including phenoxy) is 1. The Bertz CT molecular complexity index is 951. The monoisotopic (exact) mass is 495 g/mol. The number of carbonyl (C=O) groups is 2. The Labute approximate surface area is 199 Å². The largest absolute Gasteiger partial charge is 0.445 e. The topological polar surface area (TPSA) is 80.8 Å². The molecule has 0 aromatic carbocycles. The van der Waals surface area contributed by atoms with Gasteiger partial charge in [-0.3, -0.25) is 4.79 Å². The minimum Gasteiger partial charge on any atom is -0.445 e. The lowest BCUT2D eigenvalue weighted by molar-refractivity contribution is -0.148.